The first-order valence-electron chi connectivity index (χ1n) is 8.82. The second kappa shape index (κ2) is 7.68. The molecule has 2 amide bonds. The summed E-state index contributed by atoms with van der Waals surface area (Å²) in [7, 11) is 0. The zero-order valence-electron chi connectivity index (χ0n) is 15.1. The van der Waals surface area contributed by atoms with E-state index < -0.39 is 0 Å². The highest BCUT2D eigenvalue weighted by Crippen LogP contribution is 2.22. The molecule has 1 saturated heterocycles. The van der Waals surface area contributed by atoms with E-state index in [0.29, 0.717) is 19.5 Å². The first-order chi connectivity index (χ1) is 12.4. The minimum Gasteiger partial charge on any atom is -0.342 e. The highest BCUT2D eigenvalue weighted by molar-refractivity contribution is 5.97. The molecule has 4 nitrogen and oxygen atoms in total. The number of halogens is 1. The van der Waals surface area contributed by atoms with E-state index in [1.807, 2.05) is 32.0 Å². The number of carbonyl (C=O) groups is 2. The second-order valence-electron chi connectivity index (χ2n) is 6.92. The van der Waals surface area contributed by atoms with Crippen LogP contribution in [0.1, 0.15) is 23.1 Å². The Bertz CT molecular complexity index is 817. The molecular weight excluding hydrogens is 331 g/mol. The Morgan fingerprint density at radius 2 is 1.92 bits per heavy atom. The summed E-state index contributed by atoms with van der Waals surface area (Å²) in [4.78, 5) is 26.5. The van der Waals surface area contributed by atoms with E-state index >= 15 is 0 Å². The summed E-state index contributed by atoms with van der Waals surface area (Å²) in [5, 5.41) is 2.95. The molecule has 0 aliphatic carbocycles. The van der Waals surface area contributed by atoms with Crippen LogP contribution in [0.3, 0.4) is 0 Å². The zero-order chi connectivity index (χ0) is 18.7. The number of anilines is 1. The number of hydrogen-bond donors (Lipinski definition) is 1. The molecule has 0 saturated carbocycles. The van der Waals surface area contributed by atoms with Crippen molar-refractivity contribution in [2.45, 2.75) is 26.7 Å². The molecule has 1 fully saturated rings. The minimum atomic E-state index is -0.337. The number of carbonyl (C=O) groups excluding carboxylic acids is 2. The Labute approximate surface area is 153 Å². The summed E-state index contributed by atoms with van der Waals surface area (Å²) in [6.07, 6.45) is 0.886. The Morgan fingerprint density at radius 1 is 1.19 bits per heavy atom. The molecule has 1 heterocycles. The number of nitrogens with zero attached hydrogens (tertiary/aromatic N) is 1. The summed E-state index contributed by atoms with van der Waals surface area (Å²) in [5.74, 6) is -0.727. The van der Waals surface area contributed by atoms with Crippen LogP contribution in [0.2, 0.25) is 0 Å². The summed E-state index contributed by atoms with van der Waals surface area (Å²) in [6.45, 7) is 4.89. The van der Waals surface area contributed by atoms with Crippen LogP contribution in [-0.2, 0) is 16.0 Å². The lowest BCUT2D eigenvalue weighted by atomic mass is 10.1. The van der Waals surface area contributed by atoms with Gasteiger partial charge in [-0.2, -0.15) is 0 Å². The molecule has 1 unspecified atom stereocenters. The fourth-order valence-electron chi connectivity index (χ4n) is 3.18. The van der Waals surface area contributed by atoms with Crippen LogP contribution < -0.4 is 5.32 Å². The van der Waals surface area contributed by atoms with Gasteiger partial charge in [-0.3, -0.25) is 9.59 Å². The van der Waals surface area contributed by atoms with Crippen LogP contribution in [-0.4, -0.2) is 29.8 Å². The fourth-order valence-corrected chi connectivity index (χ4v) is 3.18. The van der Waals surface area contributed by atoms with Crippen molar-refractivity contribution in [3.05, 3.63) is 65.0 Å². The Morgan fingerprint density at radius 3 is 2.65 bits per heavy atom. The van der Waals surface area contributed by atoms with Crippen LogP contribution >= 0.6 is 0 Å². The van der Waals surface area contributed by atoms with Gasteiger partial charge in [-0.25, -0.2) is 4.39 Å². The highest BCUT2D eigenvalue weighted by atomic mass is 19.1. The van der Waals surface area contributed by atoms with Crippen LogP contribution in [0.4, 0.5) is 10.1 Å². The van der Waals surface area contributed by atoms with Crippen molar-refractivity contribution >= 4 is 17.5 Å². The standard InChI is InChI=1S/C21H23FN2O2/c1-14-3-4-15(2)19(11-14)23-21(26)17-12-20(25)24(13-17)10-9-16-5-7-18(22)8-6-16/h3-8,11,17H,9-10,12-13H2,1-2H3,(H,23,26). The third-order valence-electron chi connectivity index (χ3n) is 4.82. The Balaban J connectivity index is 1.57. The van der Waals surface area contributed by atoms with Gasteiger partial charge >= 0.3 is 0 Å². The van der Waals surface area contributed by atoms with Gasteiger partial charge < -0.3 is 10.2 Å². The predicted octanol–water partition coefficient (Wildman–Crippen LogP) is 3.47. The molecule has 1 aliphatic heterocycles. The van der Waals surface area contributed by atoms with Gasteiger partial charge in [0, 0.05) is 25.2 Å². The lowest BCUT2D eigenvalue weighted by Gasteiger charge is -2.17. The Hall–Kier alpha value is -2.69. The molecule has 1 atom stereocenters. The van der Waals surface area contributed by atoms with Crippen LogP contribution in [0, 0.1) is 25.6 Å². The van der Waals surface area contributed by atoms with Crippen molar-refractivity contribution in [2.75, 3.05) is 18.4 Å². The van der Waals surface area contributed by atoms with Crippen molar-refractivity contribution < 1.29 is 14.0 Å². The van der Waals surface area contributed by atoms with Gasteiger partial charge in [0.15, 0.2) is 0 Å². The number of nitrogens with one attached hydrogen (secondary N) is 1. The third-order valence-corrected chi connectivity index (χ3v) is 4.82. The van der Waals surface area contributed by atoms with E-state index in [9.17, 15) is 14.0 Å². The average molecular weight is 354 g/mol. The SMILES string of the molecule is Cc1ccc(C)c(NC(=O)C2CC(=O)N(CCc3ccc(F)cc3)C2)c1. The number of amides is 2. The number of likely N-dealkylation sites (tertiary alicyclic amines) is 1. The van der Waals surface area contributed by atoms with Gasteiger partial charge in [-0.05, 0) is 55.2 Å². The van der Waals surface area contributed by atoms with Gasteiger partial charge in [0.25, 0.3) is 0 Å². The summed E-state index contributed by atoms with van der Waals surface area (Å²) in [6, 6.07) is 12.2. The van der Waals surface area contributed by atoms with Gasteiger partial charge in [0.05, 0.1) is 5.92 Å². The molecule has 1 N–H and O–H groups in total. The molecule has 3 rings (SSSR count). The van der Waals surface area contributed by atoms with Crippen molar-refractivity contribution in [2.24, 2.45) is 5.92 Å². The van der Waals surface area contributed by atoms with E-state index in [-0.39, 0.29) is 30.0 Å². The molecule has 0 spiro atoms. The molecule has 26 heavy (non-hydrogen) atoms. The van der Waals surface area contributed by atoms with Crippen molar-refractivity contribution in [1.82, 2.24) is 4.90 Å². The minimum absolute atomic E-state index is 0.00627. The van der Waals surface area contributed by atoms with Gasteiger partial charge in [-0.15, -0.1) is 0 Å². The van der Waals surface area contributed by atoms with Gasteiger partial charge in [-0.1, -0.05) is 24.3 Å². The number of hydrogen-bond acceptors (Lipinski definition) is 2. The molecule has 0 bridgehead atoms. The van der Waals surface area contributed by atoms with Crippen molar-refractivity contribution in [1.29, 1.82) is 0 Å². The lowest BCUT2D eigenvalue weighted by molar-refractivity contribution is -0.128. The second-order valence-corrected chi connectivity index (χ2v) is 6.92. The van der Waals surface area contributed by atoms with E-state index in [2.05, 4.69) is 5.32 Å². The summed E-state index contributed by atoms with van der Waals surface area (Å²) in [5.41, 5.74) is 3.85. The Kier molecular flexibility index (Phi) is 5.35. The predicted molar refractivity (Wildman–Crippen MR) is 99.3 cm³/mol. The molecule has 2 aromatic carbocycles. The lowest BCUT2D eigenvalue weighted by Crippen LogP contribution is -2.30. The molecule has 136 valence electrons. The van der Waals surface area contributed by atoms with E-state index in [4.69, 9.17) is 0 Å². The fraction of sp³-hybridized carbons (Fsp3) is 0.333. The van der Waals surface area contributed by atoms with Crippen molar-refractivity contribution in [3.8, 4) is 0 Å². The topological polar surface area (TPSA) is 49.4 Å². The molecule has 2 aromatic rings. The summed E-state index contributed by atoms with van der Waals surface area (Å²) < 4.78 is 13.0. The summed E-state index contributed by atoms with van der Waals surface area (Å²) >= 11 is 0. The number of rotatable bonds is 5. The molecular formula is C21H23FN2O2. The maximum Gasteiger partial charge on any atom is 0.229 e. The normalized spacial score (nSPS) is 16.8. The van der Waals surface area contributed by atoms with E-state index in [0.717, 1.165) is 22.4 Å². The van der Waals surface area contributed by atoms with E-state index in [1.165, 1.54) is 12.1 Å². The number of benzene rings is 2. The molecule has 0 aromatic heterocycles. The monoisotopic (exact) mass is 354 g/mol. The van der Waals surface area contributed by atoms with Crippen LogP contribution in [0.5, 0.6) is 0 Å². The highest BCUT2D eigenvalue weighted by Gasteiger charge is 2.34. The van der Waals surface area contributed by atoms with Crippen LogP contribution in [0.15, 0.2) is 42.5 Å². The van der Waals surface area contributed by atoms with Crippen molar-refractivity contribution in [3.63, 3.8) is 0 Å². The zero-order valence-corrected chi connectivity index (χ0v) is 15.1. The smallest absolute Gasteiger partial charge is 0.229 e. The number of aryl methyl sites for hydroxylation is 2. The molecule has 0 radical (unpaired) electrons. The van der Waals surface area contributed by atoms with E-state index in [1.54, 1.807) is 17.0 Å². The quantitative estimate of drug-likeness (QED) is 0.894. The van der Waals surface area contributed by atoms with Gasteiger partial charge in [0.2, 0.25) is 11.8 Å². The maximum absolute atomic E-state index is 13.0. The first-order valence-corrected chi connectivity index (χ1v) is 8.82. The average Bonchev–Trinajstić information content (AvgIpc) is 2.99. The molecule has 5 heteroatoms. The van der Waals surface area contributed by atoms with Gasteiger partial charge in [0.1, 0.15) is 5.82 Å². The first kappa shape index (κ1) is 18.1. The largest absolute Gasteiger partial charge is 0.342 e. The van der Waals surface area contributed by atoms with Crippen LogP contribution in [0.25, 0.3) is 0 Å². The third kappa shape index (κ3) is 4.28. The molecule has 1 aliphatic rings. The maximum atomic E-state index is 13.0.